The number of ether oxygens (including phenoxy) is 1. The van der Waals surface area contributed by atoms with Crippen molar-refractivity contribution in [2.45, 2.75) is 25.5 Å². The van der Waals surface area contributed by atoms with Gasteiger partial charge in [0.2, 0.25) is 0 Å². The first-order valence-corrected chi connectivity index (χ1v) is 6.45. The van der Waals surface area contributed by atoms with Gasteiger partial charge in [0.15, 0.2) is 0 Å². The van der Waals surface area contributed by atoms with Gasteiger partial charge < -0.3 is 10.5 Å². The third kappa shape index (κ3) is 2.17. The molecule has 1 aromatic rings. The summed E-state index contributed by atoms with van der Waals surface area (Å²) in [4.78, 5) is 2.44. The van der Waals surface area contributed by atoms with Gasteiger partial charge in [-0.15, -0.1) is 0 Å². The lowest BCUT2D eigenvalue weighted by Crippen LogP contribution is -2.35. The normalized spacial score (nSPS) is 32.5. The SMILES string of the molecule is CC1CN(CC2Cc3ccccc3O2)CC1N. The maximum atomic E-state index is 6.04. The lowest BCUT2D eigenvalue weighted by atomic mass is 10.1. The maximum Gasteiger partial charge on any atom is 0.123 e. The molecule has 2 aliphatic heterocycles. The second-order valence-electron chi connectivity index (χ2n) is 5.41. The summed E-state index contributed by atoms with van der Waals surface area (Å²) in [5.41, 5.74) is 7.39. The van der Waals surface area contributed by atoms with E-state index in [0.717, 1.165) is 31.8 Å². The van der Waals surface area contributed by atoms with Crippen LogP contribution in [0.1, 0.15) is 12.5 Å². The molecule has 0 spiro atoms. The fourth-order valence-corrected chi connectivity index (χ4v) is 2.89. The number of benzene rings is 1. The van der Waals surface area contributed by atoms with E-state index in [1.54, 1.807) is 0 Å². The molecule has 2 heterocycles. The van der Waals surface area contributed by atoms with Crippen molar-refractivity contribution in [3.63, 3.8) is 0 Å². The average molecular weight is 232 g/mol. The lowest BCUT2D eigenvalue weighted by Gasteiger charge is -2.19. The Morgan fingerprint density at radius 3 is 2.88 bits per heavy atom. The molecule has 3 unspecified atom stereocenters. The number of fused-ring (bicyclic) bond motifs is 1. The van der Waals surface area contributed by atoms with Gasteiger partial charge in [0.05, 0.1) is 0 Å². The molecule has 2 aliphatic rings. The molecule has 1 fully saturated rings. The molecule has 0 bridgehead atoms. The number of para-hydroxylation sites is 1. The number of likely N-dealkylation sites (tertiary alicyclic amines) is 1. The van der Waals surface area contributed by atoms with Crippen molar-refractivity contribution in [2.24, 2.45) is 11.7 Å². The van der Waals surface area contributed by atoms with E-state index in [4.69, 9.17) is 10.5 Å². The van der Waals surface area contributed by atoms with Crippen molar-refractivity contribution in [1.82, 2.24) is 4.90 Å². The number of hydrogen-bond acceptors (Lipinski definition) is 3. The Hall–Kier alpha value is -1.06. The van der Waals surface area contributed by atoms with E-state index in [9.17, 15) is 0 Å². The first-order valence-electron chi connectivity index (χ1n) is 6.45. The molecule has 17 heavy (non-hydrogen) atoms. The molecule has 3 nitrogen and oxygen atoms in total. The molecule has 2 N–H and O–H groups in total. The molecule has 1 aromatic carbocycles. The van der Waals surface area contributed by atoms with Gasteiger partial charge in [-0.05, 0) is 17.5 Å². The van der Waals surface area contributed by atoms with Gasteiger partial charge >= 0.3 is 0 Å². The van der Waals surface area contributed by atoms with Gasteiger partial charge in [-0.1, -0.05) is 25.1 Å². The summed E-state index contributed by atoms with van der Waals surface area (Å²) in [6, 6.07) is 8.67. The van der Waals surface area contributed by atoms with Crippen molar-refractivity contribution < 1.29 is 4.74 Å². The lowest BCUT2D eigenvalue weighted by molar-refractivity contribution is 0.165. The Morgan fingerprint density at radius 1 is 1.35 bits per heavy atom. The molecule has 3 atom stereocenters. The first-order chi connectivity index (χ1) is 8.22. The number of hydrogen-bond donors (Lipinski definition) is 1. The van der Waals surface area contributed by atoms with Gasteiger partial charge in [-0.25, -0.2) is 0 Å². The Kier molecular flexibility index (Phi) is 2.81. The van der Waals surface area contributed by atoms with Crippen molar-refractivity contribution in [3.05, 3.63) is 29.8 Å². The first kappa shape index (κ1) is 11.1. The Morgan fingerprint density at radius 2 is 2.18 bits per heavy atom. The minimum Gasteiger partial charge on any atom is -0.488 e. The molecular weight excluding hydrogens is 212 g/mol. The maximum absolute atomic E-state index is 6.04. The van der Waals surface area contributed by atoms with E-state index < -0.39 is 0 Å². The van der Waals surface area contributed by atoms with Crippen LogP contribution in [-0.4, -0.2) is 36.7 Å². The Bertz CT molecular complexity index is 372. The highest BCUT2D eigenvalue weighted by Gasteiger charge is 2.30. The Balaban J connectivity index is 1.59. The van der Waals surface area contributed by atoms with Crippen LogP contribution in [0.2, 0.25) is 0 Å². The highest BCUT2D eigenvalue weighted by molar-refractivity contribution is 5.37. The molecule has 3 rings (SSSR count). The van der Waals surface area contributed by atoms with Crippen molar-refractivity contribution >= 4 is 0 Å². The van der Waals surface area contributed by atoms with Crippen molar-refractivity contribution in [3.8, 4) is 5.75 Å². The van der Waals surface area contributed by atoms with E-state index in [2.05, 4.69) is 30.0 Å². The monoisotopic (exact) mass is 232 g/mol. The Labute approximate surface area is 103 Å². The third-order valence-electron chi connectivity index (χ3n) is 3.92. The fourth-order valence-electron chi connectivity index (χ4n) is 2.89. The molecule has 1 saturated heterocycles. The standard InChI is InChI=1S/C14H20N2O/c1-10-7-16(9-13(10)15)8-12-6-11-4-2-3-5-14(11)17-12/h2-5,10,12-13H,6-9,15H2,1H3. The second-order valence-corrected chi connectivity index (χ2v) is 5.41. The summed E-state index contributed by atoms with van der Waals surface area (Å²) in [6.45, 7) is 5.36. The molecule has 92 valence electrons. The highest BCUT2D eigenvalue weighted by Crippen LogP contribution is 2.29. The van der Waals surface area contributed by atoms with E-state index in [0.29, 0.717) is 18.1 Å². The van der Waals surface area contributed by atoms with E-state index >= 15 is 0 Å². The van der Waals surface area contributed by atoms with Crippen LogP contribution >= 0.6 is 0 Å². The zero-order valence-electron chi connectivity index (χ0n) is 10.3. The molecule has 0 radical (unpaired) electrons. The van der Waals surface area contributed by atoms with Crippen LogP contribution in [0.3, 0.4) is 0 Å². The highest BCUT2D eigenvalue weighted by atomic mass is 16.5. The van der Waals surface area contributed by atoms with E-state index in [1.807, 2.05) is 6.07 Å². The van der Waals surface area contributed by atoms with Gasteiger partial charge in [0.25, 0.3) is 0 Å². The summed E-state index contributed by atoms with van der Waals surface area (Å²) >= 11 is 0. The summed E-state index contributed by atoms with van der Waals surface area (Å²) in [7, 11) is 0. The minimum atomic E-state index is 0.310. The molecule has 0 aromatic heterocycles. The summed E-state index contributed by atoms with van der Waals surface area (Å²) in [5, 5.41) is 0. The van der Waals surface area contributed by atoms with Crippen LogP contribution in [0.4, 0.5) is 0 Å². The van der Waals surface area contributed by atoms with Crippen molar-refractivity contribution in [1.29, 1.82) is 0 Å². The predicted octanol–water partition coefficient (Wildman–Crippen LogP) is 1.27. The van der Waals surface area contributed by atoms with Crippen LogP contribution in [0.5, 0.6) is 5.75 Å². The summed E-state index contributed by atoms with van der Waals surface area (Å²) in [5.74, 6) is 1.67. The van der Waals surface area contributed by atoms with Crippen LogP contribution in [0, 0.1) is 5.92 Å². The average Bonchev–Trinajstić information content (AvgIpc) is 2.83. The zero-order chi connectivity index (χ0) is 11.8. The van der Waals surface area contributed by atoms with Gasteiger partial charge in [0, 0.05) is 32.1 Å². The number of nitrogens with two attached hydrogens (primary N) is 1. The third-order valence-corrected chi connectivity index (χ3v) is 3.92. The topological polar surface area (TPSA) is 38.5 Å². The second kappa shape index (κ2) is 4.31. The largest absolute Gasteiger partial charge is 0.488 e. The summed E-state index contributed by atoms with van der Waals surface area (Å²) in [6.07, 6.45) is 1.35. The van der Waals surface area contributed by atoms with Crippen LogP contribution in [-0.2, 0) is 6.42 Å². The van der Waals surface area contributed by atoms with E-state index in [1.165, 1.54) is 5.56 Å². The number of rotatable bonds is 2. The van der Waals surface area contributed by atoms with Crippen molar-refractivity contribution in [2.75, 3.05) is 19.6 Å². The summed E-state index contributed by atoms with van der Waals surface area (Å²) < 4.78 is 5.96. The quantitative estimate of drug-likeness (QED) is 0.834. The van der Waals surface area contributed by atoms with E-state index in [-0.39, 0.29) is 0 Å². The zero-order valence-corrected chi connectivity index (χ0v) is 10.3. The molecule has 0 amide bonds. The molecule has 0 saturated carbocycles. The van der Waals surface area contributed by atoms with Gasteiger partial charge in [-0.2, -0.15) is 0 Å². The van der Waals surface area contributed by atoms with Crippen LogP contribution in [0.15, 0.2) is 24.3 Å². The van der Waals surface area contributed by atoms with Gasteiger partial charge in [0.1, 0.15) is 11.9 Å². The molecular formula is C14H20N2O. The van der Waals surface area contributed by atoms with Crippen LogP contribution < -0.4 is 10.5 Å². The van der Waals surface area contributed by atoms with Crippen LogP contribution in [0.25, 0.3) is 0 Å². The minimum absolute atomic E-state index is 0.310. The molecule has 0 aliphatic carbocycles. The fraction of sp³-hybridized carbons (Fsp3) is 0.571. The molecule has 3 heteroatoms. The predicted molar refractivity (Wildman–Crippen MR) is 68.1 cm³/mol. The van der Waals surface area contributed by atoms with Gasteiger partial charge in [-0.3, -0.25) is 4.90 Å². The smallest absolute Gasteiger partial charge is 0.123 e. The number of nitrogens with zero attached hydrogens (tertiary/aromatic N) is 1.